The molecule has 23 heavy (non-hydrogen) atoms. The first-order valence-electron chi connectivity index (χ1n) is 7.13. The zero-order valence-electron chi connectivity index (χ0n) is 12.9. The van der Waals surface area contributed by atoms with Crippen molar-refractivity contribution in [3.63, 3.8) is 0 Å². The predicted molar refractivity (Wildman–Crippen MR) is 91.0 cm³/mol. The monoisotopic (exact) mass is 308 g/mol. The first-order chi connectivity index (χ1) is 11.2. The number of hydrogen-bond donors (Lipinski definition) is 0. The standard InChI is InChI=1S/C19H16O4/c1-21-17-10-8-13(11-18(17)22-2)7-9-14-12-23-16-6-4-3-5-15(16)19(14)20/h3-12H,1-2H3/b9-7+. The molecule has 116 valence electrons. The number of methoxy groups -OCH3 is 2. The van der Waals surface area contributed by atoms with Crippen LogP contribution in [0.25, 0.3) is 23.1 Å². The highest BCUT2D eigenvalue weighted by atomic mass is 16.5. The maximum absolute atomic E-state index is 12.4. The summed E-state index contributed by atoms with van der Waals surface area (Å²) in [7, 11) is 3.18. The molecule has 0 aliphatic heterocycles. The fraction of sp³-hybridized carbons (Fsp3) is 0.105. The zero-order chi connectivity index (χ0) is 16.2. The van der Waals surface area contributed by atoms with Crippen LogP contribution < -0.4 is 14.9 Å². The van der Waals surface area contributed by atoms with E-state index >= 15 is 0 Å². The first kappa shape index (κ1) is 14.9. The average Bonchev–Trinajstić information content (AvgIpc) is 2.61. The Morgan fingerprint density at radius 2 is 1.74 bits per heavy atom. The Bertz CT molecular complexity index is 922. The van der Waals surface area contributed by atoms with Crippen LogP contribution in [-0.4, -0.2) is 14.2 Å². The molecule has 0 atom stereocenters. The summed E-state index contributed by atoms with van der Waals surface area (Å²) in [6.45, 7) is 0. The van der Waals surface area contributed by atoms with Crippen molar-refractivity contribution in [2.75, 3.05) is 14.2 Å². The number of rotatable bonds is 4. The summed E-state index contributed by atoms with van der Waals surface area (Å²) in [4.78, 5) is 12.4. The maximum Gasteiger partial charge on any atom is 0.199 e. The minimum absolute atomic E-state index is 0.0522. The van der Waals surface area contributed by atoms with Crippen LogP contribution in [0.3, 0.4) is 0 Å². The highest BCUT2D eigenvalue weighted by molar-refractivity contribution is 5.80. The molecule has 0 spiro atoms. The van der Waals surface area contributed by atoms with Gasteiger partial charge in [0.1, 0.15) is 11.8 Å². The van der Waals surface area contributed by atoms with E-state index in [0.29, 0.717) is 28.0 Å². The topological polar surface area (TPSA) is 48.7 Å². The number of hydrogen-bond acceptors (Lipinski definition) is 4. The summed E-state index contributed by atoms with van der Waals surface area (Å²) in [5.41, 5.74) is 1.93. The van der Waals surface area contributed by atoms with Gasteiger partial charge in [0.05, 0.1) is 25.2 Å². The molecule has 4 heteroatoms. The van der Waals surface area contributed by atoms with Gasteiger partial charge in [-0.05, 0) is 35.9 Å². The van der Waals surface area contributed by atoms with Crippen LogP contribution >= 0.6 is 0 Å². The molecule has 0 unspecified atom stereocenters. The van der Waals surface area contributed by atoms with Gasteiger partial charge < -0.3 is 13.9 Å². The average molecular weight is 308 g/mol. The third kappa shape index (κ3) is 2.97. The lowest BCUT2D eigenvalue weighted by Crippen LogP contribution is -2.04. The summed E-state index contributed by atoms with van der Waals surface area (Å²) >= 11 is 0. The fourth-order valence-electron chi connectivity index (χ4n) is 2.35. The minimum atomic E-state index is -0.0522. The van der Waals surface area contributed by atoms with Crippen molar-refractivity contribution in [1.29, 1.82) is 0 Å². The van der Waals surface area contributed by atoms with Crippen LogP contribution in [0.5, 0.6) is 11.5 Å². The molecule has 0 radical (unpaired) electrons. The van der Waals surface area contributed by atoms with Crippen LogP contribution in [0.1, 0.15) is 11.1 Å². The summed E-state index contributed by atoms with van der Waals surface area (Å²) < 4.78 is 16.0. The first-order valence-corrected chi connectivity index (χ1v) is 7.13. The Balaban J connectivity index is 1.97. The van der Waals surface area contributed by atoms with Crippen molar-refractivity contribution in [1.82, 2.24) is 0 Å². The zero-order valence-corrected chi connectivity index (χ0v) is 12.9. The molecule has 2 aromatic carbocycles. The van der Waals surface area contributed by atoms with Gasteiger partial charge in [0.2, 0.25) is 0 Å². The SMILES string of the molecule is COc1ccc(/C=C/c2coc3ccccc3c2=O)cc1OC. The second kappa shape index (κ2) is 6.40. The molecule has 1 heterocycles. The van der Waals surface area contributed by atoms with Crippen LogP contribution in [0.2, 0.25) is 0 Å². The van der Waals surface area contributed by atoms with Gasteiger partial charge in [0, 0.05) is 0 Å². The normalized spacial score (nSPS) is 11.0. The Hall–Kier alpha value is -3.01. The van der Waals surface area contributed by atoms with Crippen LogP contribution in [0, 0.1) is 0 Å². The predicted octanol–water partition coefficient (Wildman–Crippen LogP) is 3.98. The number of benzene rings is 2. The molecule has 0 saturated heterocycles. The van der Waals surface area contributed by atoms with E-state index in [1.165, 1.54) is 6.26 Å². The highest BCUT2D eigenvalue weighted by Gasteiger charge is 2.05. The second-order valence-corrected chi connectivity index (χ2v) is 4.96. The number of ether oxygens (including phenoxy) is 2. The van der Waals surface area contributed by atoms with Crippen molar-refractivity contribution in [3.8, 4) is 11.5 Å². The van der Waals surface area contributed by atoms with Crippen LogP contribution in [0.15, 0.2) is 57.9 Å². The van der Waals surface area contributed by atoms with Crippen molar-refractivity contribution in [3.05, 3.63) is 70.1 Å². The van der Waals surface area contributed by atoms with Crippen molar-refractivity contribution in [2.45, 2.75) is 0 Å². The number of fused-ring (bicyclic) bond motifs is 1. The smallest absolute Gasteiger partial charge is 0.199 e. The Morgan fingerprint density at radius 3 is 2.52 bits per heavy atom. The summed E-state index contributed by atoms with van der Waals surface area (Å²) in [5, 5.41) is 0.571. The Labute approximate surface area is 133 Å². The quantitative estimate of drug-likeness (QED) is 0.731. The summed E-state index contributed by atoms with van der Waals surface area (Å²) in [6.07, 6.45) is 5.05. The van der Waals surface area contributed by atoms with Crippen molar-refractivity contribution in [2.24, 2.45) is 0 Å². The van der Waals surface area contributed by atoms with E-state index in [-0.39, 0.29) is 5.43 Å². The van der Waals surface area contributed by atoms with Gasteiger partial charge in [-0.3, -0.25) is 4.79 Å². The van der Waals surface area contributed by atoms with Gasteiger partial charge in [-0.15, -0.1) is 0 Å². The van der Waals surface area contributed by atoms with E-state index in [9.17, 15) is 4.79 Å². The van der Waals surface area contributed by atoms with E-state index in [1.807, 2.05) is 36.4 Å². The molecule has 4 nitrogen and oxygen atoms in total. The fourth-order valence-corrected chi connectivity index (χ4v) is 2.35. The second-order valence-electron chi connectivity index (χ2n) is 4.96. The maximum atomic E-state index is 12.4. The molecule has 3 aromatic rings. The third-order valence-electron chi connectivity index (χ3n) is 3.57. The van der Waals surface area contributed by atoms with E-state index in [4.69, 9.17) is 13.9 Å². The highest BCUT2D eigenvalue weighted by Crippen LogP contribution is 2.28. The molecule has 0 aliphatic carbocycles. The molecule has 0 fully saturated rings. The molecule has 0 N–H and O–H groups in total. The Morgan fingerprint density at radius 1 is 0.957 bits per heavy atom. The molecule has 0 saturated carbocycles. The van der Waals surface area contributed by atoms with Gasteiger partial charge in [0.25, 0.3) is 0 Å². The largest absolute Gasteiger partial charge is 0.493 e. The van der Waals surface area contributed by atoms with Gasteiger partial charge in [0.15, 0.2) is 16.9 Å². The lowest BCUT2D eigenvalue weighted by atomic mass is 10.1. The molecular weight excluding hydrogens is 292 g/mol. The lowest BCUT2D eigenvalue weighted by Gasteiger charge is -2.07. The van der Waals surface area contributed by atoms with Crippen LogP contribution in [0.4, 0.5) is 0 Å². The lowest BCUT2D eigenvalue weighted by molar-refractivity contribution is 0.355. The summed E-state index contributed by atoms with van der Waals surface area (Å²) in [6, 6.07) is 12.7. The summed E-state index contributed by atoms with van der Waals surface area (Å²) in [5.74, 6) is 1.30. The molecule has 0 bridgehead atoms. The van der Waals surface area contributed by atoms with E-state index < -0.39 is 0 Å². The third-order valence-corrected chi connectivity index (χ3v) is 3.57. The van der Waals surface area contributed by atoms with Gasteiger partial charge in [-0.2, -0.15) is 0 Å². The van der Waals surface area contributed by atoms with Gasteiger partial charge in [-0.1, -0.05) is 24.3 Å². The Kier molecular flexibility index (Phi) is 4.15. The van der Waals surface area contributed by atoms with Crippen LogP contribution in [-0.2, 0) is 0 Å². The van der Waals surface area contributed by atoms with E-state index in [1.54, 1.807) is 32.4 Å². The molecular formula is C19H16O4. The van der Waals surface area contributed by atoms with E-state index in [0.717, 1.165) is 5.56 Å². The van der Waals surface area contributed by atoms with E-state index in [2.05, 4.69) is 0 Å². The minimum Gasteiger partial charge on any atom is -0.493 e. The molecule has 0 aliphatic rings. The van der Waals surface area contributed by atoms with Gasteiger partial charge in [-0.25, -0.2) is 0 Å². The van der Waals surface area contributed by atoms with Gasteiger partial charge >= 0.3 is 0 Å². The number of para-hydroxylation sites is 1. The molecule has 0 amide bonds. The van der Waals surface area contributed by atoms with Crippen molar-refractivity contribution < 1.29 is 13.9 Å². The van der Waals surface area contributed by atoms with Crippen molar-refractivity contribution >= 4 is 23.1 Å². The molecule has 1 aromatic heterocycles. The molecule has 3 rings (SSSR count).